The Balaban J connectivity index is 2.04. The largest absolute Gasteiger partial charge is 0.493 e. The molecule has 86 valence electrons. The van der Waals surface area contributed by atoms with Crippen molar-refractivity contribution in [1.29, 1.82) is 0 Å². The summed E-state index contributed by atoms with van der Waals surface area (Å²) in [7, 11) is 0. The van der Waals surface area contributed by atoms with E-state index in [1.54, 1.807) is 0 Å². The van der Waals surface area contributed by atoms with Crippen molar-refractivity contribution < 1.29 is 4.74 Å². The molecule has 0 amide bonds. The molecule has 1 aliphatic carbocycles. The van der Waals surface area contributed by atoms with Crippen molar-refractivity contribution in [1.82, 2.24) is 0 Å². The highest BCUT2D eigenvalue weighted by atomic mass is 79.9. The molecule has 1 fully saturated rings. The predicted octanol–water partition coefficient (Wildman–Crippen LogP) is 3.21. The summed E-state index contributed by atoms with van der Waals surface area (Å²) in [4.78, 5) is 0. The maximum Gasteiger partial charge on any atom is 0.121 e. The average molecular weight is 282 g/mol. The molecule has 1 aromatic carbocycles. The van der Waals surface area contributed by atoms with Crippen LogP contribution in [0.2, 0.25) is 0 Å². The number of halogens is 1. The Kier molecular flexibility index (Phi) is 4.02. The smallest absolute Gasteiger partial charge is 0.121 e. The molecule has 0 unspecified atom stereocenters. The number of nitrogens with two attached hydrogens (primary N) is 1. The third kappa shape index (κ3) is 3.65. The van der Waals surface area contributed by atoms with E-state index in [4.69, 9.17) is 10.5 Å². The highest BCUT2D eigenvalue weighted by Gasteiger charge is 2.21. The molecular weight excluding hydrogens is 266 g/mol. The minimum absolute atomic E-state index is 0.560. The minimum Gasteiger partial charge on any atom is -0.493 e. The summed E-state index contributed by atoms with van der Waals surface area (Å²) >= 11 is 3.48. The Labute approximate surface area is 105 Å². The number of ether oxygens (including phenoxy) is 1. The quantitative estimate of drug-likeness (QED) is 0.900. The Morgan fingerprint density at radius 3 is 2.88 bits per heavy atom. The zero-order valence-corrected chi connectivity index (χ0v) is 10.7. The van der Waals surface area contributed by atoms with E-state index in [2.05, 4.69) is 22.0 Å². The highest BCUT2D eigenvalue weighted by molar-refractivity contribution is 9.10. The summed E-state index contributed by atoms with van der Waals surface area (Å²) in [6, 6.07) is 6.09. The fourth-order valence-electron chi connectivity index (χ4n) is 1.47. The lowest BCUT2D eigenvalue weighted by Crippen LogP contribution is -1.99. The van der Waals surface area contributed by atoms with E-state index in [9.17, 15) is 0 Å². The van der Waals surface area contributed by atoms with E-state index in [1.165, 1.54) is 12.8 Å². The van der Waals surface area contributed by atoms with Gasteiger partial charge in [-0.1, -0.05) is 28.1 Å². The van der Waals surface area contributed by atoms with Crippen LogP contribution in [0.25, 0.3) is 6.08 Å². The van der Waals surface area contributed by atoms with Crippen LogP contribution in [0, 0.1) is 5.92 Å². The number of hydrogen-bond acceptors (Lipinski definition) is 2. The lowest BCUT2D eigenvalue weighted by atomic mass is 10.2. The third-order valence-electron chi connectivity index (χ3n) is 2.52. The minimum atomic E-state index is 0.560. The van der Waals surface area contributed by atoms with E-state index >= 15 is 0 Å². The molecule has 0 spiro atoms. The average Bonchev–Trinajstić information content (AvgIpc) is 3.07. The van der Waals surface area contributed by atoms with E-state index in [1.807, 2.05) is 24.3 Å². The van der Waals surface area contributed by atoms with Gasteiger partial charge in [0.2, 0.25) is 0 Å². The van der Waals surface area contributed by atoms with Gasteiger partial charge in [-0.25, -0.2) is 0 Å². The van der Waals surface area contributed by atoms with Crippen molar-refractivity contribution in [2.75, 3.05) is 13.2 Å². The Morgan fingerprint density at radius 1 is 1.38 bits per heavy atom. The molecule has 1 aromatic rings. The van der Waals surface area contributed by atoms with E-state index < -0.39 is 0 Å². The molecule has 0 heterocycles. The molecule has 16 heavy (non-hydrogen) atoms. The molecule has 0 aromatic heterocycles. The summed E-state index contributed by atoms with van der Waals surface area (Å²) in [5, 5.41) is 0. The van der Waals surface area contributed by atoms with Crippen LogP contribution >= 0.6 is 15.9 Å². The Bertz CT molecular complexity index is 386. The summed E-state index contributed by atoms with van der Waals surface area (Å²) in [5.41, 5.74) is 6.55. The normalized spacial score (nSPS) is 15.6. The second-order valence-corrected chi connectivity index (χ2v) is 5.03. The van der Waals surface area contributed by atoms with Crippen LogP contribution in [0.4, 0.5) is 0 Å². The lowest BCUT2D eigenvalue weighted by Gasteiger charge is -2.06. The van der Waals surface area contributed by atoms with E-state index in [0.717, 1.165) is 28.3 Å². The molecule has 1 saturated carbocycles. The summed E-state index contributed by atoms with van der Waals surface area (Å²) in [6.45, 7) is 1.40. The lowest BCUT2D eigenvalue weighted by molar-refractivity contribution is 0.299. The van der Waals surface area contributed by atoms with Gasteiger partial charge in [-0.3, -0.25) is 0 Å². The first-order chi connectivity index (χ1) is 7.78. The fraction of sp³-hybridized carbons (Fsp3) is 0.385. The standard InChI is InChI=1S/C13H16BrNO/c14-12-6-11(2-1-5-15)7-13(8-12)16-9-10-3-4-10/h1-2,6-8,10H,3-5,9,15H2/b2-1+. The van der Waals surface area contributed by atoms with E-state index in [0.29, 0.717) is 6.54 Å². The zero-order chi connectivity index (χ0) is 11.4. The molecule has 0 atom stereocenters. The molecule has 1 aliphatic rings. The third-order valence-corrected chi connectivity index (χ3v) is 2.98. The second kappa shape index (κ2) is 5.51. The molecule has 0 bridgehead atoms. The van der Waals surface area contributed by atoms with Crippen molar-refractivity contribution >= 4 is 22.0 Å². The molecule has 0 saturated heterocycles. The van der Waals surface area contributed by atoms with Crippen LogP contribution in [0.1, 0.15) is 18.4 Å². The van der Waals surface area contributed by atoms with Gasteiger partial charge in [-0.15, -0.1) is 0 Å². The predicted molar refractivity (Wildman–Crippen MR) is 70.4 cm³/mol. The van der Waals surface area contributed by atoms with Gasteiger partial charge >= 0.3 is 0 Å². The van der Waals surface area contributed by atoms with Gasteiger partial charge in [0.05, 0.1) is 6.61 Å². The topological polar surface area (TPSA) is 35.2 Å². The van der Waals surface area contributed by atoms with Crippen LogP contribution in [-0.4, -0.2) is 13.2 Å². The number of benzene rings is 1. The number of rotatable bonds is 5. The van der Waals surface area contributed by atoms with Gasteiger partial charge < -0.3 is 10.5 Å². The van der Waals surface area contributed by atoms with Crippen molar-refractivity contribution in [3.8, 4) is 5.75 Å². The van der Waals surface area contributed by atoms with Crippen LogP contribution in [-0.2, 0) is 0 Å². The van der Waals surface area contributed by atoms with Crippen molar-refractivity contribution in [2.45, 2.75) is 12.8 Å². The van der Waals surface area contributed by atoms with Crippen molar-refractivity contribution in [3.63, 3.8) is 0 Å². The molecule has 0 radical (unpaired) electrons. The van der Waals surface area contributed by atoms with Crippen LogP contribution in [0.3, 0.4) is 0 Å². The van der Waals surface area contributed by atoms with Crippen LogP contribution in [0.5, 0.6) is 5.75 Å². The zero-order valence-electron chi connectivity index (χ0n) is 9.16. The van der Waals surface area contributed by atoms with E-state index in [-0.39, 0.29) is 0 Å². The molecule has 0 aliphatic heterocycles. The monoisotopic (exact) mass is 281 g/mol. The molecule has 3 heteroatoms. The maximum absolute atomic E-state index is 5.74. The fourth-order valence-corrected chi connectivity index (χ4v) is 1.96. The first-order valence-corrected chi connectivity index (χ1v) is 6.37. The Morgan fingerprint density at radius 2 is 2.19 bits per heavy atom. The SMILES string of the molecule is NC/C=C/c1cc(Br)cc(OCC2CC2)c1. The van der Waals surface area contributed by atoms with Crippen molar-refractivity contribution in [2.24, 2.45) is 11.7 Å². The van der Waals surface area contributed by atoms with Gasteiger partial charge in [-0.2, -0.15) is 0 Å². The number of hydrogen-bond donors (Lipinski definition) is 1. The van der Waals surface area contributed by atoms with Crippen molar-refractivity contribution in [3.05, 3.63) is 34.3 Å². The molecular formula is C13H16BrNO. The summed E-state index contributed by atoms with van der Waals surface area (Å²) in [6.07, 6.45) is 6.57. The highest BCUT2D eigenvalue weighted by Crippen LogP contribution is 2.30. The molecule has 2 nitrogen and oxygen atoms in total. The second-order valence-electron chi connectivity index (χ2n) is 4.11. The van der Waals surface area contributed by atoms with Crippen LogP contribution in [0.15, 0.2) is 28.7 Å². The van der Waals surface area contributed by atoms with Gasteiger partial charge in [0.1, 0.15) is 5.75 Å². The van der Waals surface area contributed by atoms with Gasteiger partial charge in [-0.05, 0) is 42.5 Å². The molecule has 2 N–H and O–H groups in total. The summed E-state index contributed by atoms with van der Waals surface area (Å²) < 4.78 is 6.78. The first-order valence-electron chi connectivity index (χ1n) is 5.58. The summed E-state index contributed by atoms with van der Waals surface area (Å²) in [5.74, 6) is 1.71. The van der Waals surface area contributed by atoms with Gasteiger partial charge in [0.15, 0.2) is 0 Å². The van der Waals surface area contributed by atoms with Gasteiger partial charge in [0, 0.05) is 11.0 Å². The first kappa shape index (κ1) is 11.7. The van der Waals surface area contributed by atoms with Crippen LogP contribution < -0.4 is 10.5 Å². The molecule has 2 rings (SSSR count). The Hall–Kier alpha value is -0.800. The maximum atomic E-state index is 5.74. The van der Waals surface area contributed by atoms with Gasteiger partial charge in [0.25, 0.3) is 0 Å².